The average molecular weight is 934 g/mol. The van der Waals surface area contributed by atoms with Crippen LogP contribution < -0.4 is 16.0 Å². The van der Waals surface area contributed by atoms with E-state index < -0.39 is 28.9 Å². The predicted molar refractivity (Wildman–Crippen MR) is 252 cm³/mol. The largest absolute Gasteiger partial charge is 0.460 e. The summed E-state index contributed by atoms with van der Waals surface area (Å²) < 4.78 is 34.1. The quantitative estimate of drug-likeness (QED) is 0.0333. The molecule has 16 nitrogen and oxygen atoms in total. The van der Waals surface area contributed by atoms with Gasteiger partial charge in [-0.1, -0.05) is 63.9 Å². The first-order valence-corrected chi connectivity index (χ1v) is 23.7. The zero-order valence-corrected chi connectivity index (χ0v) is 41.7. The highest BCUT2D eigenvalue weighted by atomic mass is 16.6. The second kappa shape index (κ2) is 32.3. The van der Waals surface area contributed by atoms with Crippen molar-refractivity contribution in [2.45, 2.75) is 182 Å². The molecule has 0 aromatic heterocycles. The fourth-order valence-electron chi connectivity index (χ4n) is 6.37. The molecule has 3 amide bonds. The molecule has 1 atom stereocenters. The van der Waals surface area contributed by atoms with Crippen LogP contribution in [0, 0.1) is 5.41 Å². The van der Waals surface area contributed by atoms with Gasteiger partial charge in [-0.25, -0.2) is 9.59 Å². The molecule has 3 N–H and O–H groups in total. The van der Waals surface area contributed by atoms with Gasteiger partial charge in [-0.05, 0) is 84.6 Å². The molecule has 0 fully saturated rings. The Balaban J connectivity index is 2.89. The van der Waals surface area contributed by atoms with Gasteiger partial charge in [0.05, 0.1) is 39.6 Å². The Morgan fingerprint density at radius 2 is 0.985 bits per heavy atom. The molecule has 376 valence electrons. The molecule has 0 saturated heterocycles. The van der Waals surface area contributed by atoms with E-state index in [1.807, 2.05) is 71.9 Å². The van der Waals surface area contributed by atoms with E-state index >= 15 is 0 Å². The molecule has 0 aliphatic carbocycles. The molecular weight excluding hydrogens is 851 g/mol. The third-order valence-corrected chi connectivity index (χ3v) is 9.48. The SMILES string of the molecule is CC(C)(C)CC(=O)CCCCCC(=O)CCOCC(COCCC(=O)CCCCCC(=O)OC(C)(C)C)(COCCC(=O)NCCCNC(=O)OC(C)(C)C)NC(=O)OCc1ccccc1. The minimum Gasteiger partial charge on any atom is -0.460 e. The lowest BCUT2D eigenvalue weighted by Gasteiger charge is -2.33. The topological polar surface area (TPSA) is 211 Å². The van der Waals surface area contributed by atoms with Gasteiger partial charge in [0.2, 0.25) is 5.91 Å². The van der Waals surface area contributed by atoms with Crippen LogP contribution in [-0.4, -0.2) is 111 Å². The summed E-state index contributed by atoms with van der Waals surface area (Å²) in [7, 11) is 0. The highest BCUT2D eigenvalue weighted by molar-refractivity contribution is 5.79. The highest BCUT2D eigenvalue weighted by Crippen LogP contribution is 2.21. The van der Waals surface area contributed by atoms with Crippen LogP contribution in [0.3, 0.4) is 0 Å². The molecule has 0 heterocycles. The molecule has 1 unspecified atom stereocenters. The Kier molecular flexibility index (Phi) is 29.2. The first-order valence-electron chi connectivity index (χ1n) is 23.7. The minimum atomic E-state index is -1.34. The Bertz CT molecular complexity index is 1460. The summed E-state index contributed by atoms with van der Waals surface area (Å²) in [5.74, 6) is -0.308. The number of carbonyl (C=O) groups excluding carboxylic acids is 7. The average Bonchev–Trinajstić information content (AvgIpc) is 3.20. The summed E-state index contributed by atoms with van der Waals surface area (Å²) in [4.78, 5) is 87.6. The number of ketones is 3. The van der Waals surface area contributed by atoms with Crippen molar-refractivity contribution in [1.82, 2.24) is 16.0 Å². The van der Waals surface area contributed by atoms with E-state index in [1.54, 1.807) is 20.8 Å². The number of alkyl carbamates (subject to hydrolysis) is 2. The number of unbranched alkanes of at least 4 members (excludes halogenated alkanes) is 4. The Hall–Kier alpha value is -4.41. The predicted octanol–water partition coefficient (Wildman–Crippen LogP) is 8.29. The molecule has 0 saturated carbocycles. The standard InChI is InChI=1S/C50H83N3O13/c1-47(2,3)34-42(56)24-17-11-15-22-40(54)26-31-61-36-50(53-46(60)64-35-39-20-13-10-14-21-39,37-62-32-27-41(55)23-16-12-18-25-44(58)65-48(4,5)6)38-63-33-28-43(57)51-29-19-30-52-45(59)66-49(7,8)9/h10,13-14,20-21H,11-12,15-19,22-38H2,1-9H3,(H,51,57)(H,52,59)(H,53,60). The molecule has 0 spiro atoms. The van der Waals surface area contributed by atoms with Gasteiger partial charge in [-0.15, -0.1) is 0 Å². The van der Waals surface area contributed by atoms with Crippen molar-refractivity contribution < 1.29 is 62.0 Å². The minimum absolute atomic E-state index is 0.00126. The summed E-state index contributed by atoms with van der Waals surface area (Å²) in [6.07, 6.45) is 5.57. The van der Waals surface area contributed by atoms with Gasteiger partial charge in [0.1, 0.15) is 40.7 Å². The number of esters is 1. The lowest BCUT2D eigenvalue weighted by Crippen LogP contribution is -2.58. The molecule has 0 aliphatic rings. The maximum Gasteiger partial charge on any atom is 0.408 e. The summed E-state index contributed by atoms with van der Waals surface area (Å²) in [5.41, 5.74) is -1.78. The summed E-state index contributed by atoms with van der Waals surface area (Å²) in [6, 6.07) is 9.15. The third kappa shape index (κ3) is 34.9. The second-order valence-corrected chi connectivity index (χ2v) is 20.1. The van der Waals surface area contributed by atoms with Crippen molar-refractivity contribution in [2.75, 3.05) is 52.7 Å². The van der Waals surface area contributed by atoms with Crippen molar-refractivity contribution in [3.05, 3.63) is 35.9 Å². The number of hydrogen-bond donors (Lipinski definition) is 3. The van der Waals surface area contributed by atoms with Gasteiger partial charge < -0.3 is 44.4 Å². The number of nitrogens with one attached hydrogen (secondary N) is 3. The Labute approximate surface area is 394 Å². The lowest BCUT2D eigenvalue weighted by atomic mass is 9.88. The van der Waals surface area contributed by atoms with Crippen LogP contribution in [0.15, 0.2) is 30.3 Å². The smallest absolute Gasteiger partial charge is 0.408 e. The van der Waals surface area contributed by atoms with Crippen molar-refractivity contribution in [3.63, 3.8) is 0 Å². The molecule has 0 bridgehead atoms. The maximum absolute atomic E-state index is 13.3. The summed E-state index contributed by atoms with van der Waals surface area (Å²) >= 11 is 0. The molecule has 0 aliphatic heterocycles. The molecule has 1 aromatic carbocycles. The van der Waals surface area contributed by atoms with Crippen LogP contribution in [0.5, 0.6) is 0 Å². The number of benzene rings is 1. The van der Waals surface area contributed by atoms with Gasteiger partial charge in [0, 0.05) is 64.5 Å². The van der Waals surface area contributed by atoms with Gasteiger partial charge in [-0.3, -0.25) is 24.0 Å². The van der Waals surface area contributed by atoms with Crippen LogP contribution in [0.1, 0.15) is 164 Å². The van der Waals surface area contributed by atoms with Crippen molar-refractivity contribution in [2.24, 2.45) is 5.41 Å². The molecule has 1 aromatic rings. The van der Waals surface area contributed by atoms with Gasteiger partial charge in [-0.2, -0.15) is 0 Å². The molecule has 1 rings (SSSR count). The number of Topliss-reactive ketones (excluding diaryl/α,β-unsaturated/α-hetero) is 3. The molecule has 16 heteroatoms. The fourth-order valence-corrected chi connectivity index (χ4v) is 6.37. The Morgan fingerprint density at radius 3 is 1.50 bits per heavy atom. The zero-order valence-electron chi connectivity index (χ0n) is 41.7. The normalized spacial score (nSPS) is 12.7. The second-order valence-electron chi connectivity index (χ2n) is 20.1. The lowest BCUT2D eigenvalue weighted by molar-refractivity contribution is -0.155. The highest BCUT2D eigenvalue weighted by Gasteiger charge is 2.35. The summed E-state index contributed by atoms with van der Waals surface area (Å²) in [5, 5.41) is 8.30. The van der Waals surface area contributed by atoms with Crippen molar-refractivity contribution in [1.29, 1.82) is 0 Å². The van der Waals surface area contributed by atoms with E-state index in [4.69, 9.17) is 28.4 Å². The third-order valence-electron chi connectivity index (χ3n) is 9.48. The number of hydrogen-bond acceptors (Lipinski definition) is 13. The number of amides is 3. The first-order chi connectivity index (χ1) is 31.0. The van der Waals surface area contributed by atoms with E-state index in [0.717, 1.165) is 18.4 Å². The van der Waals surface area contributed by atoms with E-state index in [0.29, 0.717) is 70.9 Å². The van der Waals surface area contributed by atoms with E-state index in [2.05, 4.69) is 16.0 Å². The van der Waals surface area contributed by atoms with Gasteiger partial charge in [0.25, 0.3) is 0 Å². The first kappa shape index (κ1) is 59.6. The fraction of sp³-hybridized carbons (Fsp3) is 0.740. The Morgan fingerprint density at radius 1 is 0.500 bits per heavy atom. The monoisotopic (exact) mass is 934 g/mol. The maximum atomic E-state index is 13.3. The number of ether oxygens (including phenoxy) is 6. The van der Waals surface area contributed by atoms with E-state index in [-0.39, 0.29) is 107 Å². The van der Waals surface area contributed by atoms with Crippen LogP contribution in [0.4, 0.5) is 9.59 Å². The van der Waals surface area contributed by atoms with Gasteiger partial charge in [0.15, 0.2) is 0 Å². The summed E-state index contributed by atoms with van der Waals surface area (Å²) in [6.45, 7) is 17.2. The molecule has 0 radical (unpaired) electrons. The van der Waals surface area contributed by atoms with E-state index in [1.165, 1.54) is 0 Å². The van der Waals surface area contributed by atoms with E-state index in [9.17, 15) is 33.6 Å². The zero-order chi connectivity index (χ0) is 49.5. The van der Waals surface area contributed by atoms with Crippen molar-refractivity contribution >= 4 is 41.4 Å². The number of rotatable bonds is 35. The molecular formula is C50H83N3O13. The van der Waals surface area contributed by atoms with Gasteiger partial charge >= 0.3 is 18.2 Å². The van der Waals surface area contributed by atoms with Crippen LogP contribution in [-0.2, 0) is 59.0 Å². The number of carbonyl (C=O) groups is 7. The van der Waals surface area contributed by atoms with Crippen LogP contribution in [0.25, 0.3) is 0 Å². The molecule has 66 heavy (non-hydrogen) atoms. The van der Waals surface area contributed by atoms with Crippen LogP contribution in [0.2, 0.25) is 0 Å². The van der Waals surface area contributed by atoms with Crippen molar-refractivity contribution in [3.8, 4) is 0 Å². The van der Waals surface area contributed by atoms with Crippen LogP contribution >= 0.6 is 0 Å².